The molecule has 0 bridgehead atoms. The van der Waals surface area contributed by atoms with Crippen molar-refractivity contribution in [2.45, 2.75) is 32.4 Å². The third-order valence-corrected chi connectivity index (χ3v) is 2.67. The van der Waals surface area contributed by atoms with Gasteiger partial charge in [0.1, 0.15) is 11.1 Å². The molecule has 1 unspecified atom stereocenters. The van der Waals surface area contributed by atoms with Crippen LogP contribution in [-0.4, -0.2) is 52.4 Å². The molecule has 0 spiro atoms. The highest BCUT2D eigenvalue weighted by atomic mass is 32.1. The second kappa shape index (κ2) is 6.15. The van der Waals surface area contributed by atoms with Crippen LogP contribution in [0.3, 0.4) is 0 Å². The number of aliphatic hydroxyl groups is 1. The number of hydrogen-bond donors (Lipinski definition) is 1. The molecule has 0 saturated carbocycles. The lowest BCUT2D eigenvalue weighted by Crippen LogP contribution is -2.39. The lowest BCUT2D eigenvalue weighted by Gasteiger charge is -2.30. The zero-order valence-corrected chi connectivity index (χ0v) is 11.7. The normalized spacial score (nSPS) is 20.3. The SMILES string of the molecule is CC(C)(C)OC([O-])=NCC(=S)N1CC=CC1CO. The lowest BCUT2D eigenvalue weighted by molar-refractivity contribution is -0.260. The van der Waals surface area contributed by atoms with Gasteiger partial charge in [-0.25, -0.2) is 0 Å². The summed E-state index contributed by atoms with van der Waals surface area (Å²) < 4.78 is 5.06. The second-order valence-corrected chi connectivity index (χ2v) is 5.49. The zero-order valence-electron chi connectivity index (χ0n) is 10.9. The van der Waals surface area contributed by atoms with Crippen LogP contribution in [0.15, 0.2) is 17.1 Å². The molecule has 0 radical (unpaired) electrons. The van der Waals surface area contributed by atoms with Crippen LogP contribution >= 0.6 is 12.2 Å². The number of ether oxygens (including phenoxy) is 1. The molecule has 0 aromatic carbocycles. The molecule has 5 nitrogen and oxygen atoms in total. The molecule has 1 rings (SSSR count). The quantitative estimate of drug-likeness (QED) is 0.341. The number of aliphatic imine (C=N–C) groups is 1. The molecule has 102 valence electrons. The van der Waals surface area contributed by atoms with Crippen molar-refractivity contribution in [1.82, 2.24) is 4.90 Å². The summed E-state index contributed by atoms with van der Waals surface area (Å²) in [5.41, 5.74) is -0.551. The van der Waals surface area contributed by atoms with Crippen molar-refractivity contribution in [2.24, 2.45) is 4.99 Å². The van der Waals surface area contributed by atoms with Crippen LogP contribution in [-0.2, 0) is 4.74 Å². The Morgan fingerprint density at radius 2 is 2.28 bits per heavy atom. The summed E-state index contributed by atoms with van der Waals surface area (Å²) in [5, 5.41) is 20.5. The minimum Gasteiger partial charge on any atom is -0.595 e. The third kappa shape index (κ3) is 4.62. The number of aliphatic hydroxyl groups excluding tert-OH is 1. The van der Waals surface area contributed by atoms with Crippen LogP contribution in [0.25, 0.3) is 0 Å². The molecule has 1 N–H and O–H groups in total. The van der Waals surface area contributed by atoms with E-state index in [0.717, 1.165) is 0 Å². The first-order valence-electron chi connectivity index (χ1n) is 5.81. The molecule has 18 heavy (non-hydrogen) atoms. The van der Waals surface area contributed by atoms with E-state index in [0.29, 0.717) is 11.5 Å². The summed E-state index contributed by atoms with van der Waals surface area (Å²) in [6.45, 7) is 6.11. The largest absolute Gasteiger partial charge is 0.595 e. The van der Waals surface area contributed by atoms with E-state index in [1.165, 1.54) is 0 Å². The molecule has 0 aromatic heterocycles. The highest BCUT2D eigenvalue weighted by molar-refractivity contribution is 7.80. The van der Waals surface area contributed by atoms with Crippen molar-refractivity contribution < 1.29 is 14.9 Å². The Morgan fingerprint density at radius 1 is 1.61 bits per heavy atom. The van der Waals surface area contributed by atoms with Crippen molar-refractivity contribution >= 4 is 23.3 Å². The minimum absolute atomic E-state index is 0.00305. The Bertz CT molecular complexity index is 361. The van der Waals surface area contributed by atoms with Gasteiger partial charge in [0.05, 0.1) is 19.2 Å². The van der Waals surface area contributed by atoms with Gasteiger partial charge in [-0.05, 0) is 0 Å². The Labute approximate surface area is 113 Å². The average Bonchev–Trinajstić information content (AvgIpc) is 2.71. The Kier molecular flexibility index (Phi) is 5.10. The number of hydrogen-bond acceptors (Lipinski definition) is 5. The van der Waals surface area contributed by atoms with E-state index in [1.54, 1.807) is 20.8 Å². The van der Waals surface area contributed by atoms with Gasteiger partial charge in [-0.1, -0.05) is 45.1 Å². The van der Waals surface area contributed by atoms with E-state index in [4.69, 9.17) is 22.1 Å². The average molecular weight is 271 g/mol. The monoisotopic (exact) mass is 271 g/mol. The third-order valence-electron chi connectivity index (χ3n) is 2.30. The van der Waals surface area contributed by atoms with Gasteiger partial charge in [-0.15, -0.1) is 0 Å². The van der Waals surface area contributed by atoms with Gasteiger partial charge >= 0.3 is 0 Å². The van der Waals surface area contributed by atoms with Gasteiger partial charge in [0, 0.05) is 12.1 Å². The molecule has 1 aliphatic heterocycles. The summed E-state index contributed by atoms with van der Waals surface area (Å²) in [6, 6.07) is -0.105. The first kappa shape index (κ1) is 14.9. The predicted octanol–water partition coefficient (Wildman–Crippen LogP) is 0.0779. The van der Waals surface area contributed by atoms with Crippen LogP contribution in [0.5, 0.6) is 0 Å². The highest BCUT2D eigenvalue weighted by Crippen LogP contribution is 2.11. The van der Waals surface area contributed by atoms with Crippen LogP contribution in [0.4, 0.5) is 0 Å². The Hall–Kier alpha value is -1.14. The number of rotatable bonds is 3. The van der Waals surface area contributed by atoms with Crippen molar-refractivity contribution in [3.8, 4) is 0 Å². The smallest absolute Gasteiger partial charge is 0.146 e. The van der Waals surface area contributed by atoms with E-state index in [-0.39, 0.29) is 19.2 Å². The van der Waals surface area contributed by atoms with E-state index in [9.17, 15) is 5.11 Å². The van der Waals surface area contributed by atoms with Crippen LogP contribution in [0.2, 0.25) is 0 Å². The Balaban J connectivity index is 2.48. The van der Waals surface area contributed by atoms with Crippen molar-refractivity contribution in [2.75, 3.05) is 19.7 Å². The van der Waals surface area contributed by atoms with Crippen molar-refractivity contribution in [3.05, 3.63) is 12.2 Å². The van der Waals surface area contributed by atoms with Crippen molar-refractivity contribution in [1.29, 1.82) is 0 Å². The van der Waals surface area contributed by atoms with Crippen molar-refractivity contribution in [3.63, 3.8) is 0 Å². The van der Waals surface area contributed by atoms with Gasteiger partial charge < -0.3 is 19.8 Å². The van der Waals surface area contributed by atoms with Gasteiger partial charge in [0.15, 0.2) is 0 Å². The number of nitrogens with zero attached hydrogens (tertiary/aromatic N) is 2. The van der Waals surface area contributed by atoms with E-state index in [2.05, 4.69) is 4.99 Å². The summed E-state index contributed by atoms with van der Waals surface area (Å²) >= 11 is 5.19. The molecule has 6 heteroatoms. The van der Waals surface area contributed by atoms with Gasteiger partial charge in [-0.3, -0.25) is 4.99 Å². The van der Waals surface area contributed by atoms with Crippen LogP contribution in [0.1, 0.15) is 20.8 Å². The molecule has 0 amide bonds. The highest BCUT2D eigenvalue weighted by Gasteiger charge is 2.20. The van der Waals surface area contributed by atoms with Gasteiger partial charge in [0.25, 0.3) is 0 Å². The fourth-order valence-electron chi connectivity index (χ4n) is 1.53. The standard InChI is InChI=1S/C12H20N2O3S/c1-12(2,3)17-11(16)13-7-10(18)14-6-4-5-9(14)8-15/h4-5,9,15H,6-8H2,1-3H3,(H,13,16)/p-1. The van der Waals surface area contributed by atoms with Crippen LogP contribution < -0.4 is 5.11 Å². The molecule has 1 heterocycles. The summed E-state index contributed by atoms with van der Waals surface area (Å²) in [4.78, 5) is 6.14. The predicted molar refractivity (Wildman–Crippen MR) is 72.5 cm³/mol. The maximum Gasteiger partial charge on any atom is 0.146 e. The first-order chi connectivity index (χ1) is 8.33. The van der Waals surface area contributed by atoms with Crippen LogP contribution in [0, 0.1) is 0 Å². The summed E-state index contributed by atoms with van der Waals surface area (Å²) in [7, 11) is 0. The molecular formula is C12H19N2O3S-. The fourth-order valence-corrected chi connectivity index (χ4v) is 1.81. The summed E-state index contributed by atoms with van der Waals surface area (Å²) in [6.07, 6.45) is 3.21. The molecule has 1 aliphatic rings. The van der Waals surface area contributed by atoms with E-state index >= 15 is 0 Å². The molecular weight excluding hydrogens is 252 g/mol. The second-order valence-electron chi connectivity index (χ2n) is 5.02. The maximum atomic E-state index is 11.4. The zero-order chi connectivity index (χ0) is 13.8. The topological polar surface area (TPSA) is 68.1 Å². The minimum atomic E-state index is -0.613. The molecule has 0 saturated heterocycles. The molecule has 0 aromatic rings. The Morgan fingerprint density at radius 3 is 2.83 bits per heavy atom. The summed E-state index contributed by atoms with van der Waals surface area (Å²) in [5.74, 6) is 0. The lowest BCUT2D eigenvalue weighted by atomic mass is 10.2. The van der Waals surface area contributed by atoms with E-state index < -0.39 is 11.7 Å². The first-order valence-corrected chi connectivity index (χ1v) is 6.22. The van der Waals surface area contributed by atoms with Gasteiger partial charge in [0.2, 0.25) is 0 Å². The number of thiocarbonyl (C=S) groups is 1. The maximum absolute atomic E-state index is 11.4. The molecule has 0 aliphatic carbocycles. The van der Waals surface area contributed by atoms with Gasteiger partial charge in [-0.2, -0.15) is 0 Å². The molecule has 1 atom stereocenters. The molecule has 0 fully saturated rings. The van der Waals surface area contributed by atoms with E-state index in [1.807, 2.05) is 17.1 Å². The fraction of sp³-hybridized carbons (Fsp3) is 0.667.